The van der Waals surface area contributed by atoms with Crippen LogP contribution in [0, 0.1) is 22.0 Å². The molecule has 0 heterocycles. The topological polar surface area (TPSA) is 95.5 Å². The first-order valence-electron chi connectivity index (χ1n) is 5.25. The number of benzene rings is 1. The summed E-state index contributed by atoms with van der Waals surface area (Å²) in [6, 6.07) is 5.98. The van der Waals surface area contributed by atoms with E-state index in [-0.39, 0.29) is 12.3 Å². The van der Waals surface area contributed by atoms with Crippen LogP contribution >= 0.6 is 0 Å². The van der Waals surface area contributed by atoms with Crippen molar-refractivity contribution in [2.75, 3.05) is 6.61 Å². The quantitative estimate of drug-likeness (QED) is 0.380. The summed E-state index contributed by atoms with van der Waals surface area (Å²) in [4.78, 5) is 20.2. The number of unbranched alkanes of at least 4 members (excludes halogenated alkanes) is 1. The summed E-state index contributed by atoms with van der Waals surface area (Å²) in [5.41, 5.74) is 5.53. The molecule has 0 aliphatic rings. The largest absolute Gasteiger partial charge is 0.450 e. The molecule has 0 aliphatic carbocycles. The molecule has 0 aromatic heterocycles. The van der Waals surface area contributed by atoms with Crippen molar-refractivity contribution < 1.29 is 14.5 Å². The predicted molar refractivity (Wildman–Crippen MR) is 64.7 cm³/mol. The standard InChI is InChI=1S/C12H12N2O4/c13-12(15)18-9-3-1-2-4-10-5-7-11(8-6-10)14(16)17/h5-8H,1,3,9H2,(H2,13,15). The van der Waals surface area contributed by atoms with Gasteiger partial charge in [-0.3, -0.25) is 10.1 Å². The van der Waals surface area contributed by atoms with E-state index in [4.69, 9.17) is 5.73 Å². The third kappa shape index (κ3) is 4.99. The van der Waals surface area contributed by atoms with E-state index in [0.717, 1.165) is 0 Å². The molecular weight excluding hydrogens is 236 g/mol. The number of carbonyl (C=O) groups excluding carboxylic acids is 1. The summed E-state index contributed by atoms with van der Waals surface area (Å²) in [5.74, 6) is 5.73. The van der Waals surface area contributed by atoms with Gasteiger partial charge in [-0.05, 0) is 18.6 Å². The number of nitro groups is 1. The van der Waals surface area contributed by atoms with Crippen molar-refractivity contribution in [3.63, 3.8) is 0 Å². The lowest BCUT2D eigenvalue weighted by Crippen LogP contribution is -2.13. The van der Waals surface area contributed by atoms with E-state index >= 15 is 0 Å². The van der Waals surface area contributed by atoms with Crippen molar-refractivity contribution in [2.24, 2.45) is 5.73 Å². The van der Waals surface area contributed by atoms with E-state index in [1.165, 1.54) is 12.1 Å². The van der Waals surface area contributed by atoms with Gasteiger partial charge in [0.05, 0.1) is 11.5 Å². The van der Waals surface area contributed by atoms with E-state index in [9.17, 15) is 14.9 Å². The molecule has 1 aromatic rings. The van der Waals surface area contributed by atoms with Gasteiger partial charge in [0, 0.05) is 24.1 Å². The number of hydrogen-bond acceptors (Lipinski definition) is 4. The summed E-state index contributed by atoms with van der Waals surface area (Å²) in [7, 11) is 0. The Labute approximate surface area is 104 Å². The van der Waals surface area contributed by atoms with E-state index < -0.39 is 11.0 Å². The molecule has 1 amide bonds. The molecule has 0 radical (unpaired) electrons. The molecule has 18 heavy (non-hydrogen) atoms. The molecule has 0 saturated heterocycles. The molecule has 0 atom stereocenters. The zero-order valence-electron chi connectivity index (χ0n) is 9.59. The molecule has 0 fully saturated rings. The van der Waals surface area contributed by atoms with Gasteiger partial charge in [0.25, 0.3) is 5.69 Å². The van der Waals surface area contributed by atoms with Crippen molar-refractivity contribution in [2.45, 2.75) is 12.8 Å². The molecule has 1 aromatic carbocycles. The highest BCUT2D eigenvalue weighted by molar-refractivity contribution is 5.64. The smallest absolute Gasteiger partial charge is 0.404 e. The van der Waals surface area contributed by atoms with Crippen LogP contribution in [0.25, 0.3) is 0 Å². The fourth-order valence-corrected chi connectivity index (χ4v) is 1.16. The maximum atomic E-state index is 10.4. The van der Waals surface area contributed by atoms with Crippen LogP contribution < -0.4 is 5.73 Å². The number of nitrogens with zero attached hydrogens (tertiary/aromatic N) is 1. The maximum absolute atomic E-state index is 10.4. The van der Waals surface area contributed by atoms with Gasteiger partial charge < -0.3 is 10.5 Å². The van der Waals surface area contributed by atoms with E-state index in [1.807, 2.05) is 0 Å². The minimum Gasteiger partial charge on any atom is -0.450 e. The first-order valence-corrected chi connectivity index (χ1v) is 5.25. The van der Waals surface area contributed by atoms with Crippen LogP contribution in [0.4, 0.5) is 10.5 Å². The van der Waals surface area contributed by atoms with Crippen molar-refractivity contribution in [1.29, 1.82) is 0 Å². The lowest BCUT2D eigenvalue weighted by atomic mass is 10.2. The highest BCUT2D eigenvalue weighted by Gasteiger charge is 2.01. The average molecular weight is 248 g/mol. The lowest BCUT2D eigenvalue weighted by molar-refractivity contribution is -0.384. The SMILES string of the molecule is NC(=O)OCCCC#Cc1ccc([N+](=O)[O-])cc1. The Morgan fingerprint density at radius 2 is 2.06 bits per heavy atom. The number of rotatable bonds is 4. The summed E-state index contributed by atoms with van der Waals surface area (Å²) in [5, 5.41) is 10.4. The van der Waals surface area contributed by atoms with Gasteiger partial charge in [0.2, 0.25) is 0 Å². The van der Waals surface area contributed by atoms with Crippen molar-refractivity contribution >= 4 is 11.8 Å². The molecule has 1 rings (SSSR count). The molecule has 94 valence electrons. The minimum absolute atomic E-state index is 0.0374. The molecule has 0 aliphatic heterocycles. The molecule has 0 spiro atoms. The van der Waals surface area contributed by atoms with Gasteiger partial charge in [-0.2, -0.15) is 0 Å². The first-order chi connectivity index (χ1) is 8.59. The summed E-state index contributed by atoms with van der Waals surface area (Å²) in [6.45, 7) is 0.240. The van der Waals surface area contributed by atoms with E-state index in [0.29, 0.717) is 18.4 Å². The number of amides is 1. The monoisotopic (exact) mass is 248 g/mol. The fraction of sp³-hybridized carbons (Fsp3) is 0.250. The Bertz CT molecular complexity index is 485. The Kier molecular flexibility index (Phi) is 5.19. The zero-order chi connectivity index (χ0) is 13.4. The Balaban J connectivity index is 2.38. The Morgan fingerprint density at radius 3 is 2.61 bits per heavy atom. The molecule has 0 saturated carbocycles. The van der Waals surface area contributed by atoms with Crippen LogP contribution in [-0.2, 0) is 4.74 Å². The van der Waals surface area contributed by atoms with Crippen LogP contribution in [0.5, 0.6) is 0 Å². The van der Waals surface area contributed by atoms with Crippen molar-refractivity contribution in [3.8, 4) is 11.8 Å². The second kappa shape index (κ2) is 6.91. The molecule has 0 bridgehead atoms. The summed E-state index contributed by atoms with van der Waals surface area (Å²) < 4.78 is 4.53. The summed E-state index contributed by atoms with van der Waals surface area (Å²) in [6.07, 6.45) is 0.367. The number of nitro benzene ring substituents is 1. The first kappa shape index (κ1) is 13.5. The Morgan fingerprint density at radius 1 is 1.39 bits per heavy atom. The van der Waals surface area contributed by atoms with Gasteiger partial charge in [0.15, 0.2) is 0 Å². The predicted octanol–water partition coefficient (Wildman–Crippen LogP) is 1.82. The van der Waals surface area contributed by atoms with Crippen LogP contribution in [0.1, 0.15) is 18.4 Å². The van der Waals surface area contributed by atoms with Crippen LogP contribution in [0.3, 0.4) is 0 Å². The minimum atomic E-state index is -0.793. The highest BCUT2D eigenvalue weighted by atomic mass is 16.6. The average Bonchev–Trinajstić information content (AvgIpc) is 2.34. The number of ether oxygens (including phenoxy) is 1. The van der Waals surface area contributed by atoms with Crippen molar-refractivity contribution in [3.05, 3.63) is 39.9 Å². The van der Waals surface area contributed by atoms with Gasteiger partial charge in [-0.1, -0.05) is 11.8 Å². The number of nitrogens with two attached hydrogens (primary N) is 1. The molecule has 0 unspecified atom stereocenters. The maximum Gasteiger partial charge on any atom is 0.404 e. The third-order valence-corrected chi connectivity index (χ3v) is 2.00. The van der Waals surface area contributed by atoms with Crippen LogP contribution in [0.15, 0.2) is 24.3 Å². The van der Waals surface area contributed by atoms with Gasteiger partial charge >= 0.3 is 6.09 Å². The van der Waals surface area contributed by atoms with Gasteiger partial charge in [-0.25, -0.2) is 4.79 Å². The number of primary amides is 1. The number of carbonyl (C=O) groups is 1. The highest BCUT2D eigenvalue weighted by Crippen LogP contribution is 2.10. The second-order valence-electron chi connectivity index (χ2n) is 3.38. The zero-order valence-corrected chi connectivity index (χ0v) is 9.59. The summed E-state index contributed by atoms with van der Waals surface area (Å²) >= 11 is 0. The van der Waals surface area contributed by atoms with E-state index in [1.54, 1.807) is 12.1 Å². The molecule has 2 N–H and O–H groups in total. The van der Waals surface area contributed by atoms with Gasteiger partial charge in [-0.15, -0.1) is 0 Å². The van der Waals surface area contributed by atoms with Gasteiger partial charge in [0.1, 0.15) is 0 Å². The van der Waals surface area contributed by atoms with Crippen molar-refractivity contribution in [1.82, 2.24) is 0 Å². The Hall–Kier alpha value is -2.55. The normalized spacial score (nSPS) is 9.11. The fourth-order valence-electron chi connectivity index (χ4n) is 1.16. The lowest BCUT2D eigenvalue weighted by Gasteiger charge is -1.96. The molecular formula is C12H12N2O4. The second-order valence-corrected chi connectivity index (χ2v) is 3.38. The number of hydrogen-bond donors (Lipinski definition) is 1. The molecule has 6 nitrogen and oxygen atoms in total. The molecule has 6 heteroatoms. The van der Waals surface area contributed by atoms with Crippen LogP contribution in [-0.4, -0.2) is 17.6 Å². The third-order valence-electron chi connectivity index (χ3n) is 2.00. The van der Waals surface area contributed by atoms with Crippen LogP contribution in [0.2, 0.25) is 0 Å². The number of non-ortho nitro benzene ring substituents is 1. The van der Waals surface area contributed by atoms with E-state index in [2.05, 4.69) is 16.6 Å².